The number of amides is 1. The quantitative estimate of drug-likeness (QED) is 0.584. The summed E-state index contributed by atoms with van der Waals surface area (Å²) >= 11 is 0. The monoisotopic (exact) mass is 374 g/mol. The van der Waals surface area contributed by atoms with E-state index in [4.69, 9.17) is 4.74 Å². The summed E-state index contributed by atoms with van der Waals surface area (Å²) in [4.78, 5) is 24.0. The van der Waals surface area contributed by atoms with Crippen molar-refractivity contribution in [3.05, 3.63) is 89.5 Å². The molecule has 0 saturated carbocycles. The molecule has 1 amide bonds. The van der Waals surface area contributed by atoms with Gasteiger partial charge in [-0.2, -0.15) is 0 Å². The summed E-state index contributed by atoms with van der Waals surface area (Å²) in [7, 11) is 0. The predicted molar refractivity (Wildman–Crippen MR) is 111 cm³/mol. The highest BCUT2D eigenvalue weighted by Gasteiger charge is 2.07. The molecule has 0 aromatic heterocycles. The van der Waals surface area contributed by atoms with Crippen LogP contribution in [0, 0.1) is 6.92 Å². The Balaban J connectivity index is 1.60. The van der Waals surface area contributed by atoms with E-state index in [0.29, 0.717) is 23.4 Å². The molecule has 0 atom stereocenters. The van der Waals surface area contributed by atoms with Gasteiger partial charge in [-0.05, 0) is 74.5 Å². The van der Waals surface area contributed by atoms with E-state index in [-0.39, 0.29) is 11.9 Å². The molecule has 0 saturated heterocycles. The number of carbonyl (C=O) groups is 2. The summed E-state index contributed by atoms with van der Waals surface area (Å²) in [5, 5.41) is 6.14. The Labute approximate surface area is 164 Å². The molecule has 0 aliphatic rings. The van der Waals surface area contributed by atoms with Crippen LogP contribution in [0.5, 0.6) is 0 Å². The van der Waals surface area contributed by atoms with Crippen LogP contribution in [0.4, 0.5) is 17.1 Å². The molecule has 3 aromatic rings. The first-order valence-electron chi connectivity index (χ1n) is 9.07. The summed E-state index contributed by atoms with van der Waals surface area (Å²) in [5.41, 5.74) is 4.69. The van der Waals surface area contributed by atoms with Crippen molar-refractivity contribution < 1.29 is 14.3 Å². The Hall–Kier alpha value is -3.60. The Morgan fingerprint density at radius 1 is 0.750 bits per heavy atom. The van der Waals surface area contributed by atoms with Gasteiger partial charge in [0.15, 0.2) is 0 Å². The van der Waals surface area contributed by atoms with Crippen LogP contribution >= 0.6 is 0 Å². The van der Waals surface area contributed by atoms with Gasteiger partial charge in [-0.3, -0.25) is 4.79 Å². The van der Waals surface area contributed by atoms with Gasteiger partial charge in [0.2, 0.25) is 0 Å². The van der Waals surface area contributed by atoms with E-state index in [1.54, 1.807) is 31.2 Å². The lowest BCUT2D eigenvalue weighted by atomic mass is 10.1. The summed E-state index contributed by atoms with van der Waals surface area (Å²) in [6, 6.07) is 21.9. The van der Waals surface area contributed by atoms with Crippen LogP contribution in [-0.4, -0.2) is 18.5 Å². The standard InChI is InChI=1S/C23H22N2O3/c1-3-28-23(27)18-8-10-19(11-9-18)24-20-12-14-21(15-13-20)25-22(26)17-6-4-16(2)5-7-17/h4-15,24H,3H2,1-2H3,(H,25,26). The third-order valence-corrected chi connectivity index (χ3v) is 4.14. The van der Waals surface area contributed by atoms with Crippen LogP contribution in [0.25, 0.3) is 0 Å². The van der Waals surface area contributed by atoms with E-state index in [1.165, 1.54) is 0 Å². The molecule has 0 bridgehead atoms. The number of anilines is 3. The van der Waals surface area contributed by atoms with Crippen molar-refractivity contribution in [3.63, 3.8) is 0 Å². The average molecular weight is 374 g/mol. The second kappa shape index (κ2) is 8.86. The van der Waals surface area contributed by atoms with Crippen molar-refractivity contribution in [3.8, 4) is 0 Å². The summed E-state index contributed by atoms with van der Waals surface area (Å²) in [6.07, 6.45) is 0. The maximum atomic E-state index is 12.3. The third-order valence-electron chi connectivity index (χ3n) is 4.14. The smallest absolute Gasteiger partial charge is 0.338 e. The molecule has 2 N–H and O–H groups in total. The summed E-state index contributed by atoms with van der Waals surface area (Å²) in [5.74, 6) is -0.474. The van der Waals surface area contributed by atoms with Gasteiger partial charge in [0.25, 0.3) is 5.91 Å². The van der Waals surface area contributed by atoms with Gasteiger partial charge in [0.1, 0.15) is 0 Å². The highest BCUT2D eigenvalue weighted by molar-refractivity contribution is 6.04. The zero-order valence-electron chi connectivity index (χ0n) is 15.9. The minimum Gasteiger partial charge on any atom is -0.462 e. The van der Waals surface area contributed by atoms with Crippen LogP contribution in [0.2, 0.25) is 0 Å². The fraction of sp³-hybridized carbons (Fsp3) is 0.130. The zero-order valence-corrected chi connectivity index (χ0v) is 15.9. The number of hydrogen-bond acceptors (Lipinski definition) is 4. The minimum atomic E-state index is -0.331. The first kappa shape index (κ1) is 19.2. The fourth-order valence-electron chi connectivity index (χ4n) is 2.62. The number of carbonyl (C=O) groups excluding carboxylic acids is 2. The number of ether oxygens (including phenoxy) is 1. The number of hydrogen-bond donors (Lipinski definition) is 2. The van der Waals surface area contributed by atoms with Gasteiger partial charge in [0.05, 0.1) is 12.2 Å². The third kappa shape index (κ3) is 4.98. The van der Waals surface area contributed by atoms with Gasteiger partial charge in [-0.25, -0.2) is 4.79 Å². The Bertz CT molecular complexity index is 947. The normalized spacial score (nSPS) is 10.2. The Kier molecular flexibility index (Phi) is 6.07. The minimum absolute atomic E-state index is 0.143. The lowest BCUT2D eigenvalue weighted by Crippen LogP contribution is -2.11. The number of aryl methyl sites for hydroxylation is 1. The molecule has 0 heterocycles. The molecule has 3 rings (SSSR count). The number of benzene rings is 3. The molecule has 0 fully saturated rings. The lowest BCUT2D eigenvalue weighted by Gasteiger charge is -2.09. The molecule has 3 aromatic carbocycles. The fourth-order valence-corrected chi connectivity index (χ4v) is 2.62. The molecule has 0 aliphatic carbocycles. The van der Waals surface area contributed by atoms with E-state index in [2.05, 4.69) is 10.6 Å². The zero-order chi connectivity index (χ0) is 19.9. The van der Waals surface area contributed by atoms with Gasteiger partial charge >= 0.3 is 5.97 Å². The topological polar surface area (TPSA) is 67.4 Å². The van der Waals surface area contributed by atoms with Crippen molar-refractivity contribution in [2.45, 2.75) is 13.8 Å². The second-order valence-electron chi connectivity index (χ2n) is 6.32. The summed E-state index contributed by atoms with van der Waals surface area (Å²) < 4.78 is 4.97. The second-order valence-corrected chi connectivity index (χ2v) is 6.32. The molecule has 0 spiro atoms. The lowest BCUT2D eigenvalue weighted by molar-refractivity contribution is 0.0526. The highest BCUT2D eigenvalue weighted by atomic mass is 16.5. The predicted octanol–water partition coefficient (Wildman–Crippen LogP) is 5.17. The van der Waals surface area contributed by atoms with Crippen molar-refractivity contribution in [1.82, 2.24) is 0 Å². The first-order chi connectivity index (χ1) is 13.5. The van der Waals surface area contributed by atoms with E-state index in [0.717, 1.165) is 16.9 Å². The molecular formula is C23H22N2O3. The molecule has 5 heteroatoms. The molecular weight excluding hydrogens is 352 g/mol. The first-order valence-corrected chi connectivity index (χ1v) is 9.07. The maximum Gasteiger partial charge on any atom is 0.338 e. The van der Waals surface area contributed by atoms with Crippen molar-refractivity contribution >= 4 is 28.9 Å². The molecule has 0 radical (unpaired) electrons. The number of nitrogens with one attached hydrogen (secondary N) is 2. The molecule has 0 unspecified atom stereocenters. The number of rotatable bonds is 6. The Morgan fingerprint density at radius 3 is 1.82 bits per heavy atom. The average Bonchev–Trinajstić information content (AvgIpc) is 2.70. The van der Waals surface area contributed by atoms with Crippen LogP contribution in [0.1, 0.15) is 33.2 Å². The van der Waals surface area contributed by atoms with E-state index in [1.807, 2.05) is 55.5 Å². The van der Waals surface area contributed by atoms with Crippen molar-refractivity contribution in [2.75, 3.05) is 17.2 Å². The molecule has 28 heavy (non-hydrogen) atoms. The molecule has 142 valence electrons. The van der Waals surface area contributed by atoms with Gasteiger partial charge in [-0.1, -0.05) is 17.7 Å². The molecule has 5 nitrogen and oxygen atoms in total. The van der Waals surface area contributed by atoms with E-state index >= 15 is 0 Å². The van der Waals surface area contributed by atoms with E-state index in [9.17, 15) is 9.59 Å². The van der Waals surface area contributed by atoms with E-state index < -0.39 is 0 Å². The van der Waals surface area contributed by atoms with Gasteiger partial charge in [0, 0.05) is 22.6 Å². The van der Waals surface area contributed by atoms with Crippen molar-refractivity contribution in [2.24, 2.45) is 0 Å². The molecule has 0 aliphatic heterocycles. The van der Waals surface area contributed by atoms with Crippen LogP contribution in [0.3, 0.4) is 0 Å². The highest BCUT2D eigenvalue weighted by Crippen LogP contribution is 2.20. The number of esters is 1. The van der Waals surface area contributed by atoms with Crippen molar-refractivity contribution in [1.29, 1.82) is 0 Å². The SMILES string of the molecule is CCOC(=O)c1ccc(Nc2ccc(NC(=O)c3ccc(C)cc3)cc2)cc1. The summed E-state index contributed by atoms with van der Waals surface area (Å²) in [6.45, 7) is 4.12. The van der Waals surface area contributed by atoms with Crippen LogP contribution in [0.15, 0.2) is 72.8 Å². The van der Waals surface area contributed by atoms with Gasteiger partial charge < -0.3 is 15.4 Å². The Morgan fingerprint density at radius 2 is 1.25 bits per heavy atom. The largest absolute Gasteiger partial charge is 0.462 e. The van der Waals surface area contributed by atoms with Crippen LogP contribution < -0.4 is 10.6 Å². The van der Waals surface area contributed by atoms with Crippen LogP contribution in [-0.2, 0) is 4.74 Å². The maximum absolute atomic E-state index is 12.3. The van der Waals surface area contributed by atoms with Gasteiger partial charge in [-0.15, -0.1) is 0 Å².